The lowest BCUT2D eigenvalue weighted by Crippen LogP contribution is -2.29. The Hall–Kier alpha value is -3.26. The SMILES string of the molecule is CCO[C@H]1CC[C@H](n2c([C@@H]3CCCN3c3ccc(F)c(F)c3)nc3cc(-c4c(C)noc4C)ccc32)CC1. The monoisotopic (exact) mass is 520 g/mol. The molecule has 6 nitrogen and oxygen atoms in total. The molecule has 1 saturated heterocycles. The van der Waals surface area contributed by atoms with Crippen LogP contribution in [0.15, 0.2) is 40.9 Å². The molecular weight excluding hydrogens is 486 g/mol. The first-order valence-corrected chi connectivity index (χ1v) is 13.7. The zero-order valence-electron chi connectivity index (χ0n) is 22.2. The number of rotatable bonds is 6. The first kappa shape index (κ1) is 25.0. The molecular formula is C30H34F2N4O2. The molecule has 0 radical (unpaired) electrons. The van der Waals surface area contributed by atoms with Crippen LogP contribution in [0.5, 0.6) is 0 Å². The van der Waals surface area contributed by atoms with Crippen molar-refractivity contribution in [3.63, 3.8) is 0 Å². The summed E-state index contributed by atoms with van der Waals surface area (Å²) < 4.78 is 41.7. The smallest absolute Gasteiger partial charge is 0.160 e. The Morgan fingerprint density at radius 1 is 1.00 bits per heavy atom. The number of aromatic nitrogens is 3. The van der Waals surface area contributed by atoms with Gasteiger partial charge < -0.3 is 18.7 Å². The second-order valence-electron chi connectivity index (χ2n) is 10.6. The normalized spacial score (nSPS) is 22.0. The molecule has 38 heavy (non-hydrogen) atoms. The maximum absolute atomic E-state index is 14.2. The van der Waals surface area contributed by atoms with E-state index in [0.717, 1.165) is 91.1 Å². The van der Waals surface area contributed by atoms with Gasteiger partial charge in [0.25, 0.3) is 0 Å². The molecule has 6 rings (SSSR count). The molecule has 2 aromatic heterocycles. The van der Waals surface area contributed by atoms with Crippen LogP contribution in [-0.4, -0.2) is 34.0 Å². The van der Waals surface area contributed by atoms with Crippen molar-refractivity contribution in [2.24, 2.45) is 0 Å². The van der Waals surface area contributed by atoms with Gasteiger partial charge >= 0.3 is 0 Å². The summed E-state index contributed by atoms with van der Waals surface area (Å²) >= 11 is 0. The third-order valence-corrected chi connectivity index (χ3v) is 8.24. The number of aryl methyl sites for hydroxylation is 2. The topological polar surface area (TPSA) is 56.3 Å². The van der Waals surface area contributed by atoms with Gasteiger partial charge in [-0.1, -0.05) is 11.2 Å². The lowest BCUT2D eigenvalue weighted by Gasteiger charge is -2.33. The van der Waals surface area contributed by atoms with Gasteiger partial charge in [0.05, 0.1) is 28.9 Å². The van der Waals surface area contributed by atoms with Gasteiger partial charge in [0.1, 0.15) is 11.6 Å². The molecule has 200 valence electrons. The van der Waals surface area contributed by atoms with Gasteiger partial charge in [-0.15, -0.1) is 0 Å². The Morgan fingerprint density at radius 2 is 1.82 bits per heavy atom. The summed E-state index contributed by atoms with van der Waals surface area (Å²) in [6, 6.07) is 10.9. The molecule has 4 aromatic rings. The molecule has 2 aromatic carbocycles. The molecule has 0 spiro atoms. The highest BCUT2D eigenvalue weighted by Gasteiger charge is 2.34. The van der Waals surface area contributed by atoms with Crippen molar-refractivity contribution < 1.29 is 18.0 Å². The molecule has 0 unspecified atom stereocenters. The number of ether oxygens (including phenoxy) is 1. The van der Waals surface area contributed by atoms with Crippen molar-refractivity contribution in [2.75, 3.05) is 18.1 Å². The fraction of sp³-hybridized carbons (Fsp3) is 0.467. The fourth-order valence-electron chi connectivity index (χ4n) is 6.50. The van der Waals surface area contributed by atoms with Gasteiger partial charge in [-0.25, -0.2) is 13.8 Å². The highest BCUT2D eigenvalue weighted by molar-refractivity contribution is 5.84. The van der Waals surface area contributed by atoms with Crippen molar-refractivity contribution in [1.82, 2.24) is 14.7 Å². The molecule has 2 fully saturated rings. The predicted octanol–water partition coefficient (Wildman–Crippen LogP) is 7.45. The summed E-state index contributed by atoms with van der Waals surface area (Å²) in [5.74, 6) is 0.142. The zero-order valence-corrected chi connectivity index (χ0v) is 22.2. The third-order valence-electron chi connectivity index (χ3n) is 8.24. The lowest BCUT2D eigenvalue weighted by molar-refractivity contribution is 0.0271. The van der Waals surface area contributed by atoms with Crippen LogP contribution < -0.4 is 4.90 Å². The lowest BCUT2D eigenvalue weighted by atomic mass is 9.92. The van der Waals surface area contributed by atoms with E-state index >= 15 is 0 Å². The molecule has 2 aliphatic rings. The van der Waals surface area contributed by atoms with Gasteiger partial charge in [-0.2, -0.15) is 0 Å². The van der Waals surface area contributed by atoms with Gasteiger partial charge in [-0.3, -0.25) is 0 Å². The zero-order chi connectivity index (χ0) is 26.4. The number of nitrogens with zero attached hydrogens (tertiary/aromatic N) is 4. The molecule has 0 bridgehead atoms. The van der Waals surface area contributed by atoms with Crippen molar-refractivity contribution >= 4 is 16.7 Å². The molecule has 0 amide bonds. The number of benzene rings is 2. The van der Waals surface area contributed by atoms with Gasteiger partial charge in [-0.05, 0) is 89.1 Å². The van der Waals surface area contributed by atoms with Crippen LogP contribution in [0.1, 0.15) is 74.8 Å². The highest BCUT2D eigenvalue weighted by atomic mass is 19.2. The Kier molecular flexibility index (Phi) is 6.68. The number of hydrogen-bond acceptors (Lipinski definition) is 5. The number of fused-ring (bicyclic) bond motifs is 1. The van der Waals surface area contributed by atoms with E-state index in [1.54, 1.807) is 6.07 Å². The fourth-order valence-corrected chi connectivity index (χ4v) is 6.50. The van der Waals surface area contributed by atoms with Crippen molar-refractivity contribution in [3.05, 3.63) is 65.3 Å². The van der Waals surface area contributed by atoms with E-state index in [1.807, 2.05) is 13.8 Å². The number of halogens is 2. The summed E-state index contributed by atoms with van der Waals surface area (Å²) in [5, 5.41) is 4.13. The van der Waals surface area contributed by atoms with E-state index in [-0.39, 0.29) is 6.04 Å². The maximum atomic E-state index is 14.2. The molecule has 1 aliphatic carbocycles. The third kappa shape index (κ3) is 4.38. The van der Waals surface area contributed by atoms with Crippen LogP contribution >= 0.6 is 0 Å². The van der Waals surface area contributed by atoms with Crippen molar-refractivity contribution in [3.8, 4) is 11.1 Å². The quantitative estimate of drug-likeness (QED) is 0.264. The molecule has 8 heteroatoms. The first-order valence-electron chi connectivity index (χ1n) is 13.7. The van der Waals surface area contributed by atoms with Gasteiger partial charge in [0, 0.05) is 36.5 Å². The Bertz CT molecular complexity index is 1430. The van der Waals surface area contributed by atoms with E-state index in [2.05, 4.69) is 39.7 Å². The number of anilines is 1. The van der Waals surface area contributed by atoms with E-state index in [4.69, 9.17) is 14.2 Å². The average Bonchev–Trinajstić information content (AvgIpc) is 3.63. The minimum absolute atomic E-state index is 0.0145. The number of imidazole rings is 1. The van der Waals surface area contributed by atoms with E-state index < -0.39 is 11.6 Å². The van der Waals surface area contributed by atoms with Crippen LogP contribution in [0.4, 0.5) is 14.5 Å². The summed E-state index contributed by atoms with van der Waals surface area (Å²) in [5.41, 5.74) is 5.63. The molecule has 1 saturated carbocycles. The van der Waals surface area contributed by atoms with Crippen LogP contribution in [-0.2, 0) is 4.74 Å². The Morgan fingerprint density at radius 3 is 2.53 bits per heavy atom. The van der Waals surface area contributed by atoms with Gasteiger partial charge in [0.2, 0.25) is 0 Å². The largest absolute Gasteiger partial charge is 0.379 e. The predicted molar refractivity (Wildman–Crippen MR) is 143 cm³/mol. The first-order chi connectivity index (χ1) is 18.4. The van der Waals surface area contributed by atoms with Crippen LogP contribution in [0.25, 0.3) is 22.2 Å². The Balaban J connectivity index is 1.44. The standard InChI is InChI=1S/C30H34F2N4O2/c1-4-37-23-11-8-21(9-12-23)36-27-14-7-20(29-18(2)34-38-19(29)3)16-26(27)33-30(36)28-6-5-15-35(28)22-10-13-24(31)25(32)17-22/h7,10,13-14,16-17,21,23,28H,4-6,8-9,11-12,15H2,1-3H3/t21-,23-,28-/m0/s1. The minimum Gasteiger partial charge on any atom is -0.379 e. The van der Waals surface area contributed by atoms with Crippen LogP contribution in [0, 0.1) is 25.5 Å². The van der Waals surface area contributed by atoms with E-state index in [0.29, 0.717) is 17.8 Å². The Labute approximate surface area is 221 Å². The van der Waals surface area contributed by atoms with Crippen molar-refractivity contribution in [2.45, 2.75) is 77.5 Å². The summed E-state index contributed by atoms with van der Waals surface area (Å²) in [6.07, 6.45) is 6.27. The van der Waals surface area contributed by atoms with Crippen molar-refractivity contribution in [1.29, 1.82) is 0 Å². The molecule has 1 aliphatic heterocycles. The van der Waals surface area contributed by atoms with E-state index in [1.165, 1.54) is 12.1 Å². The second-order valence-corrected chi connectivity index (χ2v) is 10.6. The summed E-state index contributed by atoms with van der Waals surface area (Å²) in [7, 11) is 0. The van der Waals surface area contributed by atoms with E-state index in [9.17, 15) is 8.78 Å². The second kappa shape index (κ2) is 10.1. The summed E-state index contributed by atoms with van der Waals surface area (Å²) in [4.78, 5) is 7.42. The number of hydrogen-bond donors (Lipinski definition) is 0. The molecule has 1 atom stereocenters. The maximum Gasteiger partial charge on any atom is 0.160 e. The molecule has 3 heterocycles. The summed E-state index contributed by atoms with van der Waals surface area (Å²) in [6.45, 7) is 7.45. The minimum atomic E-state index is -0.824. The average molecular weight is 521 g/mol. The van der Waals surface area contributed by atoms with Crippen LogP contribution in [0.3, 0.4) is 0 Å². The molecule has 0 N–H and O–H groups in total. The van der Waals surface area contributed by atoms with Gasteiger partial charge in [0.15, 0.2) is 11.6 Å². The van der Waals surface area contributed by atoms with Crippen LogP contribution in [0.2, 0.25) is 0 Å². The highest BCUT2D eigenvalue weighted by Crippen LogP contribution is 2.42.